The summed E-state index contributed by atoms with van der Waals surface area (Å²) in [7, 11) is 0. The summed E-state index contributed by atoms with van der Waals surface area (Å²) in [6, 6.07) is 16.7. The normalized spacial score (nSPS) is 11.9. The summed E-state index contributed by atoms with van der Waals surface area (Å²) in [6.07, 6.45) is 0.731. The van der Waals surface area contributed by atoms with Crippen molar-refractivity contribution in [2.24, 2.45) is 0 Å². The molecule has 0 aliphatic rings. The molecule has 0 radical (unpaired) electrons. The van der Waals surface area contributed by atoms with E-state index in [0.717, 1.165) is 5.56 Å². The molecule has 1 aromatic heterocycles. The van der Waals surface area contributed by atoms with Gasteiger partial charge in [-0.15, -0.1) is 0 Å². The molecule has 0 amide bonds. The Morgan fingerprint density at radius 2 is 1.84 bits per heavy atom. The van der Waals surface area contributed by atoms with Gasteiger partial charge >= 0.3 is 0 Å². The maximum atomic E-state index is 12.9. The van der Waals surface area contributed by atoms with Crippen molar-refractivity contribution in [3.8, 4) is 0 Å². The first-order valence-electron chi connectivity index (χ1n) is 7.90. The number of nitrogens with one attached hydrogen (secondary N) is 1. The van der Waals surface area contributed by atoms with Crippen molar-refractivity contribution in [2.45, 2.75) is 12.6 Å². The molecule has 0 bridgehead atoms. The first-order valence-corrected chi connectivity index (χ1v) is 7.90. The van der Waals surface area contributed by atoms with E-state index in [9.17, 15) is 14.3 Å². The molecule has 0 aliphatic heterocycles. The van der Waals surface area contributed by atoms with E-state index in [1.807, 2.05) is 30.3 Å². The van der Waals surface area contributed by atoms with Crippen LogP contribution in [0.15, 0.2) is 71.7 Å². The van der Waals surface area contributed by atoms with Gasteiger partial charge in [-0.2, -0.15) is 5.10 Å². The van der Waals surface area contributed by atoms with Crippen LogP contribution in [0.1, 0.15) is 17.2 Å². The number of anilines is 1. The minimum absolute atomic E-state index is 0.190. The Hall–Kier alpha value is -2.99. The third kappa shape index (κ3) is 4.51. The van der Waals surface area contributed by atoms with E-state index in [1.165, 1.54) is 35.0 Å². The highest BCUT2D eigenvalue weighted by Gasteiger charge is 2.08. The Morgan fingerprint density at radius 1 is 1.12 bits per heavy atom. The number of hydrogen-bond donors (Lipinski definition) is 2. The molecule has 0 spiro atoms. The molecule has 0 saturated carbocycles. The van der Waals surface area contributed by atoms with Gasteiger partial charge in [0.05, 0.1) is 24.5 Å². The van der Waals surface area contributed by atoms with Crippen LogP contribution in [-0.4, -0.2) is 21.4 Å². The summed E-state index contributed by atoms with van der Waals surface area (Å²) in [5.74, 6) is -0.352. The van der Waals surface area contributed by atoms with Crippen molar-refractivity contribution in [2.75, 3.05) is 11.9 Å². The van der Waals surface area contributed by atoms with Gasteiger partial charge < -0.3 is 10.4 Å². The van der Waals surface area contributed by atoms with Crippen LogP contribution >= 0.6 is 0 Å². The minimum atomic E-state index is -0.813. The van der Waals surface area contributed by atoms with E-state index in [2.05, 4.69) is 10.4 Å². The maximum absolute atomic E-state index is 12.9. The lowest BCUT2D eigenvalue weighted by molar-refractivity contribution is 0.191. The lowest BCUT2D eigenvalue weighted by Gasteiger charge is -2.13. The summed E-state index contributed by atoms with van der Waals surface area (Å²) in [4.78, 5) is 12.2. The van der Waals surface area contributed by atoms with Gasteiger partial charge in [-0.25, -0.2) is 9.07 Å². The van der Waals surface area contributed by atoms with E-state index in [0.29, 0.717) is 17.8 Å². The van der Waals surface area contributed by atoms with Gasteiger partial charge in [-0.1, -0.05) is 42.5 Å². The van der Waals surface area contributed by atoms with E-state index in [1.54, 1.807) is 6.20 Å². The Labute approximate surface area is 144 Å². The molecule has 6 heteroatoms. The summed E-state index contributed by atoms with van der Waals surface area (Å²) < 4.78 is 14.3. The van der Waals surface area contributed by atoms with E-state index in [-0.39, 0.29) is 17.9 Å². The Bertz CT molecular complexity index is 879. The Balaban J connectivity index is 1.63. The molecule has 0 unspecified atom stereocenters. The predicted octanol–water partition coefficient (Wildman–Crippen LogP) is 2.58. The lowest BCUT2D eigenvalue weighted by Crippen LogP contribution is -2.23. The quantitative estimate of drug-likeness (QED) is 0.724. The highest BCUT2D eigenvalue weighted by molar-refractivity contribution is 5.39. The third-order valence-electron chi connectivity index (χ3n) is 3.80. The fraction of sp³-hybridized carbons (Fsp3) is 0.158. The van der Waals surface area contributed by atoms with Crippen molar-refractivity contribution in [1.82, 2.24) is 9.78 Å². The van der Waals surface area contributed by atoms with Crippen molar-refractivity contribution in [3.05, 3.63) is 94.2 Å². The van der Waals surface area contributed by atoms with Crippen LogP contribution in [-0.2, 0) is 6.54 Å². The van der Waals surface area contributed by atoms with Crippen LogP contribution in [0.25, 0.3) is 0 Å². The average Bonchev–Trinajstić information content (AvgIpc) is 2.63. The van der Waals surface area contributed by atoms with Gasteiger partial charge in [0.25, 0.3) is 5.56 Å². The fourth-order valence-corrected chi connectivity index (χ4v) is 2.42. The van der Waals surface area contributed by atoms with Crippen molar-refractivity contribution in [1.29, 1.82) is 0 Å². The molecule has 3 rings (SSSR count). The fourth-order valence-electron chi connectivity index (χ4n) is 2.42. The number of aliphatic hydroxyl groups excluding tert-OH is 1. The first-order chi connectivity index (χ1) is 12.1. The van der Waals surface area contributed by atoms with Crippen LogP contribution in [0.3, 0.4) is 0 Å². The van der Waals surface area contributed by atoms with E-state index >= 15 is 0 Å². The monoisotopic (exact) mass is 339 g/mol. The van der Waals surface area contributed by atoms with Crippen LogP contribution in [0.4, 0.5) is 10.1 Å². The zero-order chi connectivity index (χ0) is 17.6. The molecule has 0 saturated heterocycles. The van der Waals surface area contributed by atoms with Crippen LogP contribution in [0.2, 0.25) is 0 Å². The SMILES string of the molecule is O=c1cc(NC[C@H](O)c2ccc(F)cc2)cnn1Cc1ccccc1. The summed E-state index contributed by atoms with van der Waals surface area (Å²) >= 11 is 0. The predicted molar refractivity (Wildman–Crippen MR) is 93.9 cm³/mol. The first kappa shape index (κ1) is 16.9. The molecular weight excluding hydrogens is 321 g/mol. The summed E-state index contributed by atoms with van der Waals surface area (Å²) in [6.45, 7) is 0.591. The molecule has 25 heavy (non-hydrogen) atoms. The molecule has 128 valence electrons. The number of rotatable bonds is 6. The molecule has 1 atom stereocenters. The van der Waals surface area contributed by atoms with E-state index in [4.69, 9.17) is 0 Å². The lowest BCUT2D eigenvalue weighted by atomic mass is 10.1. The molecule has 3 aromatic rings. The number of aliphatic hydroxyl groups is 1. The number of aromatic nitrogens is 2. The van der Waals surface area contributed by atoms with Gasteiger partial charge in [-0.3, -0.25) is 4.79 Å². The third-order valence-corrected chi connectivity index (χ3v) is 3.80. The van der Waals surface area contributed by atoms with Crippen LogP contribution in [0.5, 0.6) is 0 Å². The Kier molecular flexibility index (Phi) is 5.20. The molecule has 2 N–H and O–H groups in total. The summed E-state index contributed by atoms with van der Waals surface area (Å²) in [5, 5.41) is 17.2. The van der Waals surface area contributed by atoms with Gasteiger partial charge in [0.1, 0.15) is 5.82 Å². The maximum Gasteiger partial charge on any atom is 0.269 e. The second kappa shape index (κ2) is 7.72. The topological polar surface area (TPSA) is 67.2 Å². The number of nitrogens with zero attached hydrogens (tertiary/aromatic N) is 2. The highest BCUT2D eigenvalue weighted by atomic mass is 19.1. The van der Waals surface area contributed by atoms with Gasteiger partial charge in [0.2, 0.25) is 0 Å². The van der Waals surface area contributed by atoms with Gasteiger partial charge in [0.15, 0.2) is 0 Å². The Morgan fingerprint density at radius 3 is 2.52 bits per heavy atom. The zero-order valence-electron chi connectivity index (χ0n) is 13.5. The van der Waals surface area contributed by atoms with Crippen LogP contribution < -0.4 is 10.9 Å². The van der Waals surface area contributed by atoms with Crippen molar-refractivity contribution >= 4 is 5.69 Å². The smallest absolute Gasteiger partial charge is 0.269 e. The minimum Gasteiger partial charge on any atom is -0.387 e. The zero-order valence-corrected chi connectivity index (χ0v) is 13.5. The molecule has 5 nitrogen and oxygen atoms in total. The molecule has 2 aromatic carbocycles. The van der Waals surface area contributed by atoms with Crippen molar-refractivity contribution < 1.29 is 9.50 Å². The van der Waals surface area contributed by atoms with Crippen molar-refractivity contribution in [3.63, 3.8) is 0 Å². The number of hydrogen-bond acceptors (Lipinski definition) is 4. The molecule has 1 heterocycles. The van der Waals surface area contributed by atoms with Gasteiger partial charge in [-0.05, 0) is 23.3 Å². The molecule has 0 aliphatic carbocycles. The molecule has 0 fully saturated rings. The van der Waals surface area contributed by atoms with Crippen LogP contribution in [0, 0.1) is 5.82 Å². The number of halogens is 1. The average molecular weight is 339 g/mol. The van der Waals surface area contributed by atoms with Gasteiger partial charge in [0, 0.05) is 12.6 Å². The second-order valence-electron chi connectivity index (χ2n) is 5.67. The standard InChI is InChI=1S/C19H18FN3O2/c20-16-8-6-15(7-9-16)18(24)12-21-17-10-19(25)23(22-11-17)13-14-4-2-1-3-5-14/h1-11,18,21,24H,12-13H2/t18-/m0/s1. The second-order valence-corrected chi connectivity index (χ2v) is 5.67. The number of benzene rings is 2. The summed E-state index contributed by atoms with van der Waals surface area (Å²) in [5.41, 5.74) is 1.88. The molecular formula is C19H18FN3O2. The van der Waals surface area contributed by atoms with E-state index < -0.39 is 6.10 Å². The highest BCUT2D eigenvalue weighted by Crippen LogP contribution is 2.14. The largest absolute Gasteiger partial charge is 0.387 e.